The molecule has 5 nitrogen and oxygen atoms in total. The monoisotopic (exact) mass is 364 g/mol. The molecule has 0 spiro atoms. The van der Waals surface area contributed by atoms with E-state index in [9.17, 15) is 4.79 Å². The number of nitrogens with one attached hydrogen (secondary N) is 1. The number of carbonyl (C=O) groups is 1. The number of thiazole rings is 1. The molecule has 0 aliphatic carbocycles. The Kier molecular flexibility index (Phi) is 4.06. The van der Waals surface area contributed by atoms with Crippen molar-refractivity contribution in [1.29, 1.82) is 0 Å². The van der Waals surface area contributed by atoms with Gasteiger partial charge in [0.15, 0.2) is 9.43 Å². The zero-order valence-corrected chi connectivity index (χ0v) is 14.2. The van der Waals surface area contributed by atoms with Crippen LogP contribution in [0.4, 0.5) is 0 Å². The number of fused-ring (bicyclic) bond motifs is 1. The van der Waals surface area contributed by atoms with E-state index in [0.717, 1.165) is 25.4 Å². The normalized spacial score (nSPS) is 21.0. The second-order valence-electron chi connectivity index (χ2n) is 4.98. The third-order valence-corrected chi connectivity index (χ3v) is 6.65. The first kappa shape index (κ1) is 15.1. The van der Waals surface area contributed by atoms with E-state index in [1.807, 2.05) is 30.3 Å². The third kappa shape index (κ3) is 3.12. The molecule has 0 saturated carbocycles. The standard InChI is InChI=1S/C15H12N2O3S3/c18-14(19)9-7-21-13(16-9)10-5-6-12(20-10)23-15-17-8-3-1-2-4-11(8)22-15/h1-6,9,13,16H,7H2,(H,18,19)/t9-,13-/m0/s1. The number of furan rings is 1. The van der Waals surface area contributed by atoms with Gasteiger partial charge < -0.3 is 9.52 Å². The lowest BCUT2D eigenvalue weighted by molar-refractivity contribution is -0.138. The molecule has 1 aliphatic heterocycles. The summed E-state index contributed by atoms with van der Waals surface area (Å²) < 4.78 is 7.93. The minimum Gasteiger partial charge on any atom is -0.480 e. The van der Waals surface area contributed by atoms with Crippen LogP contribution < -0.4 is 5.32 Å². The van der Waals surface area contributed by atoms with Crippen LogP contribution in [0.1, 0.15) is 11.1 Å². The van der Waals surface area contributed by atoms with Gasteiger partial charge in [0.25, 0.3) is 0 Å². The van der Waals surface area contributed by atoms with E-state index >= 15 is 0 Å². The Morgan fingerprint density at radius 2 is 2.22 bits per heavy atom. The maximum absolute atomic E-state index is 11.0. The predicted octanol–water partition coefficient (Wildman–Crippen LogP) is 3.83. The molecule has 1 fully saturated rings. The smallest absolute Gasteiger partial charge is 0.321 e. The van der Waals surface area contributed by atoms with Gasteiger partial charge in [0.1, 0.15) is 17.2 Å². The average molecular weight is 364 g/mol. The third-order valence-electron chi connectivity index (χ3n) is 3.40. The first-order valence-electron chi connectivity index (χ1n) is 6.93. The molecule has 0 radical (unpaired) electrons. The van der Waals surface area contributed by atoms with Gasteiger partial charge in [-0.05, 0) is 36.0 Å². The molecule has 8 heteroatoms. The van der Waals surface area contributed by atoms with E-state index in [1.165, 1.54) is 11.8 Å². The molecular formula is C15H12N2O3S3. The Morgan fingerprint density at radius 3 is 3.00 bits per heavy atom. The van der Waals surface area contributed by atoms with Gasteiger partial charge in [-0.3, -0.25) is 10.1 Å². The number of nitrogens with zero attached hydrogens (tertiary/aromatic N) is 1. The largest absolute Gasteiger partial charge is 0.480 e. The van der Waals surface area contributed by atoms with Crippen LogP contribution in [0.15, 0.2) is 50.2 Å². The molecule has 118 valence electrons. The highest BCUT2D eigenvalue weighted by Crippen LogP contribution is 2.39. The molecule has 3 aromatic rings. The maximum atomic E-state index is 11.0. The summed E-state index contributed by atoms with van der Waals surface area (Å²) in [6.07, 6.45) is 0. The molecule has 1 aliphatic rings. The van der Waals surface area contributed by atoms with Crippen LogP contribution in [0, 0.1) is 0 Å². The molecule has 2 atom stereocenters. The number of hydrogen-bond acceptors (Lipinski definition) is 7. The van der Waals surface area contributed by atoms with Crippen molar-refractivity contribution in [2.45, 2.75) is 20.8 Å². The number of benzene rings is 1. The van der Waals surface area contributed by atoms with E-state index in [-0.39, 0.29) is 5.37 Å². The van der Waals surface area contributed by atoms with Crippen LogP contribution in [-0.2, 0) is 4.79 Å². The second kappa shape index (κ2) is 6.20. The number of aromatic nitrogens is 1. The lowest BCUT2D eigenvalue weighted by Crippen LogP contribution is -2.33. The molecular weight excluding hydrogens is 352 g/mol. The van der Waals surface area contributed by atoms with Gasteiger partial charge in [-0.15, -0.1) is 23.1 Å². The van der Waals surface area contributed by atoms with Crippen LogP contribution in [0.25, 0.3) is 10.2 Å². The van der Waals surface area contributed by atoms with Crippen LogP contribution in [0.5, 0.6) is 0 Å². The van der Waals surface area contributed by atoms with Gasteiger partial charge in [0, 0.05) is 5.75 Å². The quantitative estimate of drug-likeness (QED) is 0.729. The van der Waals surface area contributed by atoms with Crippen LogP contribution in [0.3, 0.4) is 0 Å². The van der Waals surface area contributed by atoms with Crippen molar-refractivity contribution < 1.29 is 14.3 Å². The van der Waals surface area contributed by atoms with E-state index in [0.29, 0.717) is 5.75 Å². The van der Waals surface area contributed by atoms with Gasteiger partial charge in [0.2, 0.25) is 0 Å². The van der Waals surface area contributed by atoms with Crippen molar-refractivity contribution in [3.8, 4) is 0 Å². The number of para-hydroxylation sites is 1. The Hall–Kier alpha value is -1.48. The fourth-order valence-electron chi connectivity index (χ4n) is 2.29. The lowest BCUT2D eigenvalue weighted by atomic mass is 10.3. The Labute approximate surface area is 144 Å². The summed E-state index contributed by atoms with van der Waals surface area (Å²) in [4.78, 5) is 15.6. The highest BCUT2D eigenvalue weighted by atomic mass is 32.2. The number of carboxylic acid groups (broad SMARTS) is 1. The summed E-state index contributed by atoms with van der Waals surface area (Å²) in [5, 5.41) is 12.7. The summed E-state index contributed by atoms with van der Waals surface area (Å²) in [7, 11) is 0. The Bertz CT molecular complexity index is 827. The van der Waals surface area contributed by atoms with E-state index < -0.39 is 12.0 Å². The molecule has 1 saturated heterocycles. The fourth-order valence-corrected chi connectivity index (χ4v) is 5.43. The number of aliphatic carboxylic acids is 1. The topological polar surface area (TPSA) is 75.4 Å². The van der Waals surface area contributed by atoms with E-state index in [4.69, 9.17) is 9.52 Å². The summed E-state index contributed by atoms with van der Waals surface area (Å²) in [5.41, 5.74) is 0.990. The molecule has 0 unspecified atom stereocenters. The first-order valence-corrected chi connectivity index (χ1v) is 9.61. The van der Waals surface area contributed by atoms with Gasteiger partial charge in [-0.25, -0.2) is 4.98 Å². The number of hydrogen-bond donors (Lipinski definition) is 2. The van der Waals surface area contributed by atoms with Gasteiger partial charge in [0.05, 0.1) is 10.2 Å². The molecule has 3 heterocycles. The fraction of sp³-hybridized carbons (Fsp3) is 0.200. The highest BCUT2D eigenvalue weighted by molar-refractivity contribution is 8.01. The lowest BCUT2D eigenvalue weighted by Gasteiger charge is -2.07. The van der Waals surface area contributed by atoms with Crippen molar-refractivity contribution in [1.82, 2.24) is 10.3 Å². The summed E-state index contributed by atoms with van der Waals surface area (Å²) >= 11 is 4.67. The molecule has 4 rings (SSSR count). The van der Waals surface area contributed by atoms with E-state index in [1.54, 1.807) is 23.1 Å². The van der Waals surface area contributed by atoms with Gasteiger partial charge in [-0.2, -0.15) is 0 Å². The molecule has 23 heavy (non-hydrogen) atoms. The summed E-state index contributed by atoms with van der Waals surface area (Å²) in [6, 6.07) is 11.3. The summed E-state index contributed by atoms with van der Waals surface area (Å²) in [6.45, 7) is 0. The number of thioether (sulfide) groups is 1. The molecule has 0 bridgehead atoms. The molecule has 2 aromatic heterocycles. The Morgan fingerprint density at radius 1 is 1.35 bits per heavy atom. The average Bonchev–Trinajstić information content (AvgIpc) is 3.25. The van der Waals surface area contributed by atoms with Crippen molar-refractivity contribution in [2.75, 3.05) is 5.75 Å². The van der Waals surface area contributed by atoms with Crippen molar-refractivity contribution in [3.05, 3.63) is 42.2 Å². The minimum absolute atomic E-state index is 0.110. The van der Waals surface area contributed by atoms with Crippen molar-refractivity contribution in [2.24, 2.45) is 0 Å². The van der Waals surface area contributed by atoms with Crippen molar-refractivity contribution in [3.63, 3.8) is 0 Å². The second-order valence-corrected chi connectivity index (χ2v) is 8.40. The number of rotatable bonds is 4. The zero-order chi connectivity index (χ0) is 15.8. The maximum Gasteiger partial charge on any atom is 0.321 e. The first-order chi connectivity index (χ1) is 11.2. The van der Waals surface area contributed by atoms with Crippen molar-refractivity contribution >= 4 is 51.0 Å². The SMILES string of the molecule is O=C(O)[C@@H]1CS[C@@H](c2ccc(Sc3nc4ccccc4s3)o2)N1. The molecule has 0 amide bonds. The van der Waals surface area contributed by atoms with Gasteiger partial charge in [-0.1, -0.05) is 12.1 Å². The van der Waals surface area contributed by atoms with Crippen LogP contribution >= 0.6 is 34.9 Å². The van der Waals surface area contributed by atoms with E-state index in [2.05, 4.69) is 16.4 Å². The van der Waals surface area contributed by atoms with Crippen LogP contribution in [-0.4, -0.2) is 27.9 Å². The predicted molar refractivity (Wildman–Crippen MR) is 92.2 cm³/mol. The number of carboxylic acids is 1. The summed E-state index contributed by atoms with van der Waals surface area (Å²) in [5.74, 6) is 0.471. The highest BCUT2D eigenvalue weighted by Gasteiger charge is 2.32. The molecule has 1 aromatic carbocycles. The zero-order valence-electron chi connectivity index (χ0n) is 11.8. The molecule has 2 N–H and O–H groups in total. The van der Waals surface area contributed by atoms with Gasteiger partial charge >= 0.3 is 5.97 Å². The minimum atomic E-state index is -0.823. The Balaban J connectivity index is 1.49. The van der Waals surface area contributed by atoms with Crippen LogP contribution in [0.2, 0.25) is 0 Å².